The second kappa shape index (κ2) is 5.71. The zero-order valence-corrected chi connectivity index (χ0v) is 12.9. The molecule has 0 aliphatic rings. The third kappa shape index (κ3) is 3.03. The molecule has 0 saturated heterocycles. The van der Waals surface area contributed by atoms with Crippen LogP contribution >= 0.6 is 27.3 Å². The van der Waals surface area contributed by atoms with Crippen molar-refractivity contribution in [2.24, 2.45) is 0 Å². The first-order chi connectivity index (χ1) is 8.60. The SMILES string of the molecule is COc1cc(Br)cc(NC(C)c2scnc2C)c1. The Morgan fingerprint density at radius 1 is 1.39 bits per heavy atom. The lowest BCUT2D eigenvalue weighted by Crippen LogP contribution is -2.06. The minimum atomic E-state index is 0.233. The highest BCUT2D eigenvalue weighted by Crippen LogP contribution is 2.29. The van der Waals surface area contributed by atoms with E-state index in [1.165, 1.54) is 4.88 Å². The van der Waals surface area contributed by atoms with Crippen molar-refractivity contribution in [2.75, 3.05) is 12.4 Å². The van der Waals surface area contributed by atoms with Crippen LogP contribution < -0.4 is 10.1 Å². The Balaban J connectivity index is 2.19. The Hall–Kier alpha value is -1.07. The van der Waals surface area contributed by atoms with Crippen molar-refractivity contribution < 1.29 is 4.74 Å². The molecule has 2 rings (SSSR count). The predicted octanol–water partition coefficient (Wildman–Crippen LogP) is 4.40. The van der Waals surface area contributed by atoms with E-state index in [0.717, 1.165) is 21.6 Å². The second-order valence-corrected chi connectivity index (χ2v) is 5.85. The van der Waals surface area contributed by atoms with Gasteiger partial charge in [0.2, 0.25) is 0 Å². The highest BCUT2D eigenvalue weighted by Gasteiger charge is 2.11. The summed E-state index contributed by atoms with van der Waals surface area (Å²) >= 11 is 5.15. The van der Waals surface area contributed by atoms with Crippen LogP contribution in [-0.4, -0.2) is 12.1 Å². The molecule has 2 aromatic rings. The summed E-state index contributed by atoms with van der Waals surface area (Å²) in [4.78, 5) is 5.53. The van der Waals surface area contributed by atoms with Crippen molar-refractivity contribution >= 4 is 33.0 Å². The number of ether oxygens (including phenoxy) is 1. The van der Waals surface area contributed by atoms with Crippen LogP contribution in [0.5, 0.6) is 5.75 Å². The molecule has 0 amide bonds. The van der Waals surface area contributed by atoms with Gasteiger partial charge >= 0.3 is 0 Å². The number of halogens is 1. The Bertz CT molecular complexity index is 542. The van der Waals surface area contributed by atoms with E-state index in [0.29, 0.717) is 0 Å². The largest absolute Gasteiger partial charge is 0.497 e. The number of aromatic nitrogens is 1. The lowest BCUT2D eigenvalue weighted by molar-refractivity contribution is 0.414. The van der Waals surface area contributed by atoms with Crippen molar-refractivity contribution in [3.63, 3.8) is 0 Å². The van der Waals surface area contributed by atoms with Gasteiger partial charge in [0, 0.05) is 21.1 Å². The minimum absolute atomic E-state index is 0.233. The maximum Gasteiger partial charge on any atom is 0.122 e. The molecule has 0 radical (unpaired) electrons. The summed E-state index contributed by atoms with van der Waals surface area (Å²) in [6.45, 7) is 4.17. The summed E-state index contributed by atoms with van der Waals surface area (Å²) < 4.78 is 6.25. The van der Waals surface area contributed by atoms with Gasteiger partial charge in [0.05, 0.1) is 24.4 Å². The molecule has 5 heteroatoms. The van der Waals surface area contributed by atoms with Gasteiger partial charge in [-0.3, -0.25) is 0 Å². The van der Waals surface area contributed by atoms with E-state index >= 15 is 0 Å². The van der Waals surface area contributed by atoms with Gasteiger partial charge in [0.25, 0.3) is 0 Å². The van der Waals surface area contributed by atoms with Gasteiger partial charge in [-0.1, -0.05) is 15.9 Å². The van der Waals surface area contributed by atoms with E-state index in [-0.39, 0.29) is 6.04 Å². The molecular weight excluding hydrogens is 312 g/mol. The number of thiazole rings is 1. The van der Waals surface area contributed by atoms with Gasteiger partial charge < -0.3 is 10.1 Å². The number of methoxy groups -OCH3 is 1. The number of nitrogens with one attached hydrogen (secondary N) is 1. The standard InChI is InChI=1S/C13H15BrN2OS/c1-8-13(18-7-15-8)9(2)16-11-4-10(14)5-12(6-11)17-3/h4-7,9,16H,1-3H3. The summed E-state index contributed by atoms with van der Waals surface area (Å²) in [6.07, 6.45) is 0. The highest BCUT2D eigenvalue weighted by molar-refractivity contribution is 9.10. The number of hydrogen-bond donors (Lipinski definition) is 1. The Morgan fingerprint density at radius 2 is 2.17 bits per heavy atom. The van der Waals surface area contributed by atoms with Gasteiger partial charge in [-0.15, -0.1) is 11.3 Å². The Kier molecular flexibility index (Phi) is 4.24. The molecule has 1 unspecified atom stereocenters. The number of aryl methyl sites for hydroxylation is 1. The third-order valence-electron chi connectivity index (χ3n) is 2.67. The molecule has 0 spiro atoms. The van der Waals surface area contributed by atoms with Crippen molar-refractivity contribution in [1.29, 1.82) is 0 Å². The molecule has 3 nitrogen and oxygen atoms in total. The average molecular weight is 327 g/mol. The van der Waals surface area contributed by atoms with Crippen LogP contribution in [0.2, 0.25) is 0 Å². The normalized spacial score (nSPS) is 12.2. The molecule has 1 N–H and O–H groups in total. The fourth-order valence-corrected chi connectivity index (χ4v) is 3.09. The average Bonchev–Trinajstić information content (AvgIpc) is 2.74. The first kappa shape index (κ1) is 13.4. The van der Waals surface area contributed by atoms with E-state index in [1.807, 2.05) is 30.6 Å². The van der Waals surface area contributed by atoms with Crippen LogP contribution in [0.25, 0.3) is 0 Å². The lowest BCUT2D eigenvalue weighted by Gasteiger charge is -2.15. The summed E-state index contributed by atoms with van der Waals surface area (Å²) in [5, 5.41) is 3.46. The van der Waals surface area contributed by atoms with E-state index in [1.54, 1.807) is 18.4 Å². The third-order valence-corrected chi connectivity index (χ3v) is 4.24. The summed E-state index contributed by atoms with van der Waals surface area (Å²) in [5.41, 5.74) is 3.99. The number of hydrogen-bond acceptors (Lipinski definition) is 4. The molecular formula is C13H15BrN2OS. The Morgan fingerprint density at radius 3 is 2.78 bits per heavy atom. The van der Waals surface area contributed by atoms with Crippen LogP contribution in [0, 0.1) is 6.92 Å². The number of nitrogens with zero attached hydrogens (tertiary/aromatic N) is 1. The molecule has 18 heavy (non-hydrogen) atoms. The molecule has 0 aliphatic heterocycles. The maximum absolute atomic E-state index is 5.25. The van der Waals surface area contributed by atoms with Crippen LogP contribution in [0.1, 0.15) is 23.5 Å². The monoisotopic (exact) mass is 326 g/mol. The van der Waals surface area contributed by atoms with E-state index in [2.05, 4.69) is 33.2 Å². The molecule has 0 aliphatic carbocycles. The summed E-state index contributed by atoms with van der Waals surface area (Å²) in [6, 6.07) is 6.19. The van der Waals surface area contributed by atoms with Crippen LogP contribution in [0.15, 0.2) is 28.2 Å². The van der Waals surface area contributed by atoms with Gasteiger partial charge in [-0.2, -0.15) is 0 Å². The predicted molar refractivity (Wildman–Crippen MR) is 79.6 cm³/mol. The summed E-state index contributed by atoms with van der Waals surface area (Å²) in [5.74, 6) is 0.833. The lowest BCUT2D eigenvalue weighted by atomic mass is 10.2. The van der Waals surface area contributed by atoms with Crippen molar-refractivity contribution in [3.05, 3.63) is 38.8 Å². The van der Waals surface area contributed by atoms with Crippen LogP contribution in [0.3, 0.4) is 0 Å². The zero-order chi connectivity index (χ0) is 13.1. The van der Waals surface area contributed by atoms with Gasteiger partial charge in [0.15, 0.2) is 0 Å². The molecule has 96 valence electrons. The number of benzene rings is 1. The van der Waals surface area contributed by atoms with Crippen molar-refractivity contribution in [1.82, 2.24) is 4.98 Å². The van der Waals surface area contributed by atoms with Crippen molar-refractivity contribution in [3.8, 4) is 5.75 Å². The second-order valence-electron chi connectivity index (χ2n) is 4.05. The van der Waals surface area contributed by atoms with E-state index in [9.17, 15) is 0 Å². The molecule has 1 atom stereocenters. The topological polar surface area (TPSA) is 34.1 Å². The quantitative estimate of drug-likeness (QED) is 0.904. The molecule has 0 saturated carbocycles. The first-order valence-corrected chi connectivity index (χ1v) is 7.28. The smallest absolute Gasteiger partial charge is 0.122 e. The number of anilines is 1. The van der Waals surface area contributed by atoms with Gasteiger partial charge in [-0.25, -0.2) is 4.98 Å². The van der Waals surface area contributed by atoms with E-state index < -0.39 is 0 Å². The van der Waals surface area contributed by atoms with Crippen molar-refractivity contribution in [2.45, 2.75) is 19.9 Å². The maximum atomic E-state index is 5.25. The fourth-order valence-electron chi connectivity index (χ4n) is 1.81. The molecule has 1 aromatic heterocycles. The number of rotatable bonds is 4. The van der Waals surface area contributed by atoms with Gasteiger partial charge in [-0.05, 0) is 26.0 Å². The molecule has 0 bridgehead atoms. The molecule has 0 fully saturated rings. The Labute approximate surface area is 119 Å². The molecule has 1 aromatic carbocycles. The van der Waals surface area contributed by atoms with E-state index in [4.69, 9.17) is 4.74 Å². The van der Waals surface area contributed by atoms with Crippen LogP contribution in [-0.2, 0) is 0 Å². The first-order valence-electron chi connectivity index (χ1n) is 5.61. The summed E-state index contributed by atoms with van der Waals surface area (Å²) in [7, 11) is 1.67. The fraction of sp³-hybridized carbons (Fsp3) is 0.308. The van der Waals surface area contributed by atoms with Crippen LogP contribution in [0.4, 0.5) is 5.69 Å². The highest BCUT2D eigenvalue weighted by atomic mass is 79.9. The minimum Gasteiger partial charge on any atom is -0.497 e. The zero-order valence-electron chi connectivity index (χ0n) is 10.5. The molecule has 1 heterocycles. The van der Waals surface area contributed by atoms with Gasteiger partial charge in [0.1, 0.15) is 5.75 Å².